The lowest BCUT2D eigenvalue weighted by molar-refractivity contribution is -0.148. The van der Waals surface area contributed by atoms with Crippen molar-refractivity contribution < 1.29 is 33.4 Å². The minimum absolute atomic E-state index is 0.0135. The lowest BCUT2D eigenvalue weighted by Gasteiger charge is -2.36. The monoisotopic (exact) mass is 807 g/mol. The average molecular weight is 809 g/mol. The van der Waals surface area contributed by atoms with E-state index in [0.29, 0.717) is 24.6 Å². The summed E-state index contributed by atoms with van der Waals surface area (Å²) in [7, 11) is 3.14. The summed E-state index contributed by atoms with van der Waals surface area (Å²) in [6.45, 7) is 10.3. The van der Waals surface area contributed by atoms with Gasteiger partial charge in [-0.3, -0.25) is 19.2 Å². The third-order valence-corrected chi connectivity index (χ3v) is 10.7. The topological polar surface area (TPSA) is 138 Å². The molecular weight excluding hydrogens is 754 g/mol. The van der Waals surface area contributed by atoms with Gasteiger partial charge in [0.15, 0.2) is 0 Å². The zero-order valence-electron chi connectivity index (χ0n) is 31.5. The molecule has 0 aromatic heterocycles. The van der Waals surface area contributed by atoms with Crippen molar-refractivity contribution in [2.75, 3.05) is 33.9 Å². The Labute approximate surface area is 321 Å². The number of alkyl carbamates (subject to hydrolysis) is 1. The van der Waals surface area contributed by atoms with Crippen molar-refractivity contribution in [1.29, 1.82) is 0 Å². The molecule has 4 rings (SSSR count). The normalized spacial score (nSPS) is 25.0. The van der Waals surface area contributed by atoms with Gasteiger partial charge in [-0.25, -0.2) is 4.79 Å². The zero-order valence-corrected chi connectivity index (χ0v) is 33.8. The highest BCUT2D eigenvalue weighted by atomic mass is 79.9. The number of hydrogen-bond donors (Lipinski definition) is 2. The number of benzene rings is 1. The number of carbonyl (C=O) groups excluding carboxylic acids is 5. The summed E-state index contributed by atoms with van der Waals surface area (Å²) in [4.78, 5) is 74.5. The van der Waals surface area contributed by atoms with Gasteiger partial charge in [-0.2, -0.15) is 0 Å². The number of hydrogen-bond acceptors (Lipinski definition) is 7. The fourth-order valence-corrected chi connectivity index (χ4v) is 7.38. The molecule has 0 radical (unpaired) electrons. The Kier molecular flexibility index (Phi) is 14.6. The maximum absolute atomic E-state index is 14.5. The number of rotatable bonds is 8. The van der Waals surface area contributed by atoms with Gasteiger partial charge in [0, 0.05) is 36.6 Å². The molecule has 0 spiro atoms. The summed E-state index contributed by atoms with van der Waals surface area (Å²) in [6, 6.07) is 1.46. The number of fused-ring (bicyclic) bond motifs is 1. The molecule has 0 unspecified atom stereocenters. The molecule has 12 nitrogen and oxygen atoms in total. The lowest BCUT2D eigenvalue weighted by Crippen LogP contribution is -2.60. The highest BCUT2D eigenvalue weighted by molar-refractivity contribution is 9.10. The highest BCUT2D eigenvalue weighted by Gasteiger charge is 2.43. The Morgan fingerprint density at radius 3 is 2.50 bits per heavy atom. The summed E-state index contributed by atoms with van der Waals surface area (Å²) in [5.74, 6) is -1.61. The first-order valence-corrected chi connectivity index (χ1v) is 19.4. The van der Waals surface area contributed by atoms with Gasteiger partial charge >= 0.3 is 6.09 Å². The Hall–Kier alpha value is -3.16. The third kappa shape index (κ3) is 11.4. The molecular formula is C38H55BrClN5O7. The van der Waals surface area contributed by atoms with E-state index >= 15 is 0 Å². The van der Waals surface area contributed by atoms with E-state index in [2.05, 4.69) is 26.6 Å². The van der Waals surface area contributed by atoms with Gasteiger partial charge < -0.3 is 34.8 Å². The maximum atomic E-state index is 14.5. The van der Waals surface area contributed by atoms with Crippen molar-refractivity contribution in [3.05, 3.63) is 45.4 Å². The number of nitrogens with one attached hydrogen (secondary N) is 2. The molecule has 5 amide bonds. The molecule has 14 heteroatoms. The van der Waals surface area contributed by atoms with Gasteiger partial charge in [0.25, 0.3) is 0 Å². The molecule has 5 atom stereocenters. The molecule has 1 aromatic carbocycles. The lowest BCUT2D eigenvalue weighted by atomic mass is 9.98. The zero-order chi connectivity index (χ0) is 38.3. The van der Waals surface area contributed by atoms with Crippen LogP contribution in [0.1, 0.15) is 78.7 Å². The smallest absolute Gasteiger partial charge is 0.408 e. The molecule has 1 aromatic rings. The van der Waals surface area contributed by atoms with Crippen LogP contribution in [0.5, 0.6) is 0 Å². The van der Waals surface area contributed by atoms with Crippen LogP contribution >= 0.6 is 27.5 Å². The largest absolute Gasteiger partial charge is 0.444 e. The van der Waals surface area contributed by atoms with E-state index in [1.165, 1.54) is 9.80 Å². The first-order valence-electron chi connectivity index (χ1n) is 18.3. The third-order valence-electron chi connectivity index (χ3n) is 9.70. The number of nitrogens with zero attached hydrogens (tertiary/aromatic N) is 3. The minimum atomic E-state index is -1.00. The van der Waals surface area contributed by atoms with Crippen LogP contribution in [0.25, 0.3) is 0 Å². The van der Waals surface area contributed by atoms with Crippen LogP contribution in [-0.2, 0) is 35.1 Å². The molecule has 3 aliphatic rings. The van der Waals surface area contributed by atoms with E-state index in [1.807, 2.05) is 24.8 Å². The average Bonchev–Trinajstić information content (AvgIpc) is 3.80. The van der Waals surface area contributed by atoms with Crippen LogP contribution in [0.4, 0.5) is 4.79 Å². The molecule has 2 N–H and O–H groups in total. The van der Waals surface area contributed by atoms with Gasteiger partial charge in [0.2, 0.25) is 23.6 Å². The maximum Gasteiger partial charge on any atom is 0.408 e. The number of ether oxygens (including phenoxy) is 2. The van der Waals surface area contributed by atoms with Crippen LogP contribution in [-0.4, -0.2) is 114 Å². The van der Waals surface area contributed by atoms with E-state index in [9.17, 15) is 24.0 Å². The summed E-state index contributed by atoms with van der Waals surface area (Å²) in [5.41, 5.74) is 0.0186. The summed E-state index contributed by atoms with van der Waals surface area (Å²) in [6.07, 6.45) is 6.66. The van der Waals surface area contributed by atoms with Crippen LogP contribution in [0.3, 0.4) is 0 Å². The van der Waals surface area contributed by atoms with E-state index in [-0.39, 0.29) is 43.2 Å². The molecule has 1 saturated heterocycles. The van der Waals surface area contributed by atoms with Crippen LogP contribution in [0, 0.1) is 11.8 Å². The minimum Gasteiger partial charge on any atom is -0.444 e. The second kappa shape index (κ2) is 18.2. The van der Waals surface area contributed by atoms with E-state index in [4.69, 9.17) is 21.1 Å². The van der Waals surface area contributed by atoms with Gasteiger partial charge in [0.1, 0.15) is 29.8 Å². The molecule has 2 aliphatic heterocycles. The summed E-state index contributed by atoms with van der Waals surface area (Å²) < 4.78 is 12.2. The Bertz CT molecular complexity index is 1500. The predicted octanol–water partition coefficient (Wildman–Crippen LogP) is 5.10. The second-order valence-electron chi connectivity index (χ2n) is 15.6. The van der Waals surface area contributed by atoms with Crippen molar-refractivity contribution in [2.45, 2.75) is 115 Å². The van der Waals surface area contributed by atoms with Gasteiger partial charge in [-0.1, -0.05) is 53.5 Å². The second-order valence-corrected chi connectivity index (χ2v) is 16.9. The van der Waals surface area contributed by atoms with Gasteiger partial charge in [-0.15, -0.1) is 0 Å². The quantitative estimate of drug-likeness (QED) is 0.349. The SMILES string of the molecule is CC(C)C[C@@H]1NC(=O)[C@@H](N(C)C(=O)[C@@H](NC(=O)OC(C)(C)C)C2CC2)C/C=C/COC[C@H]2CCCN2C(=O)[C@H](Cc2cc(Cl)ccc2Br)N(C)C1=O. The fraction of sp³-hybridized carbons (Fsp3) is 0.658. The van der Waals surface area contributed by atoms with Crippen LogP contribution in [0.2, 0.25) is 5.02 Å². The van der Waals surface area contributed by atoms with Gasteiger partial charge in [0.05, 0.1) is 19.3 Å². The van der Waals surface area contributed by atoms with E-state index in [1.54, 1.807) is 59.2 Å². The molecule has 52 heavy (non-hydrogen) atoms. The molecule has 288 valence electrons. The molecule has 2 heterocycles. The summed E-state index contributed by atoms with van der Waals surface area (Å²) in [5, 5.41) is 6.21. The fourth-order valence-electron chi connectivity index (χ4n) is 6.77. The molecule has 0 bridgehead atoms. The van der Waals surface area contributed by atoms with Crippen molar-refractivity contribution in [3.8, 4) is 0 Å². The Morgan fingerprint density at radius 2 is 1.85 bits per heavy atom. The van der Waals surface area contributed by atoms with Crippen molar-refractivity contribution in [3.63, 3.8) is 0 Å². The summed E-state index contributed by atoms with van der Waals surface area (Å²) >= 11 is 9.95. The molecule has 1 saturated carbocycles. The van der Waals surface area contributed by atoms with Crippen molar-refractivity contribution >= 4 is 57.3 Å². The number of carbonyl (C=O) groups is 5. The first-order chi connectivity index (χ1) is 24.5. The molecule has 1 aliphatic carbocycles. The number of likely N-dealkylation sites (N-methyl/N-ethyl adjacent to an activating group) is 2. The Balaban J connectivity index is 1.67. The Morgan fingerprint density at radius 1 is 1.13 bits per heavy atom. The van der Waals surface area contributed by atoms with Crippen LogP contribution in [0.15, 0.2) is 34.8 Å². The highest BCUT2D eigenvalue weighted by Crippen LogP contribution is 2.34. The van der Waals surface area contributed by atoms with E-state index < -0.39 is 53.6 Å². The van der Waals surface area contributed by atoms with Crippen LogP contribution < -0.4 is 10.6 Å². The van der Waals surface area contributed by atoms with Crippen molar-refractivity contribution in [2.24, 2.45) is 11.8 Å². The predicted molar refractivity (Wildman–Crippen MR) is 203 cm³/mol. The molecule has 2 fully saturated rings. The number of halogens is 2. The van der Waals surface area contributed by atoms with Gasteiger partial charge in [-0.05, 0) is 94.9 Å². The standard InChI is InChI=1S/C38H55BrClN5O7/c1-23(2)19-29-34(47)44(7)31(21-25-20-26(40)15-16-28(25)39)35(48)45-17-10-11-27(45)22-51-18-9-8-12-30(33(46)41-29)43(6)36(49)32(24-13-14-24)42-37(50)52-38(3,4)5/h8-9,15-16,20,23-24,27,29-32H,10-14,17-19,21-22H2,1-7H3,(H,41,46)(H,42,50)/b9-8+/t27-,29+,30+,31+,32+/m1/s1. The van der Waals surface area contributed by atoms with Crippen molar-refractivity contribution in [1.82, 2.24) is 25.3 Å². The van der Waals surface area contributed by atoms with E-state index in [0.717, 1.165) is 35.7 Å². The number of amides is 5. The first kappa shape index (κ1) is 41.6.